The number of nitrogens with one attached hydrogen (secondary N) is 1. The zero-order chi connectivity index (χ0) is 18.3. The molecule has 1 heterocycles. The van der Waals surface area contributed by atoms with Gasteiger partial charge in [-0.1, -0.05) is 0 Å². The molecule has 1 saturated heterocycles. The number of anilines is 1. The topological polar surface area (TPSA) is 90.9 Å². The number of fused-ring (bicyclic) bond motifs is 1. The van der Waals surface area contributed by atoms with E-state index in [0.717, 1.165) is 18.6 Å². The van der Waals surface area contributed by atoms with E-state index in [-0.39, 0.29) is 36.4 Å². The molecule has 138 valence electrons. The molecule has 2 bridgehead atoms. The number of amides is 1. The highest BCUT2D eigenvalue weighted by molar-refractivity contribution is 5.93. The fraction of sp³-hybridized carbons (Fsp3) is 0.526. The van der Waals surface area contributed by atoms with E-state index in [1.807, 2.05) is 6.92 Å². The van der Waals surface area contributed by atoms with Crippen LogP contribution in [-0.4, -0.2) is 37.2 Å². The molecule has 1 aromatic carbocycles. The Morgan fingerprint density at radius 3 is 2.73 bits per heavy atom. The van der Waals surface area contributed by atoms with Crippen molar-refractivity contribution in [3.05, 3.63) is 24.3 Å². The Kier molecular flexibility index (Phi) is 4.30. The zero-order valence-corrected chi connectivity index (χ0v) is 14.5. The fourth-order valence-electron chi connectivity index (χ4n) is 4.56. The number of hydrogen-bond acceptors (Lipinski definition) is 6. The summed E-state index contributed by atoms with van der Waals surface area (Å²) in [5, 5.41) is 2.67. The standard InChI is InChI=1S/C19H21NO6/c1-2-24-12-5-3-11(4-6-12)20-15(21)9-25-18(22)16-10-7-13-14(8-10)26-19(23)17(13)16/h3-6,10,13-14,16-17H,2,7-9H2,1H3,(H,20,21)/t10-,13+,14-,16-,17+/m1/s1. The predicted octanol–water partition coefficient (Wildman–Crippen LogP) is 1.76. The van der Waals surface area contributed by atoms with Gasteiger partial charge < -0.3 is 19.5 Å². The van der Waals surface area contributed by atoms with E-state index in [4.69, 9.17) is 14.2 Å². The number of rotatable bonds is 6. The Hall–Kier alpha value is -2.57. The molecule has 26 heavy (non-hydrogen) atoms. The normalized spacial score (nSPS) is 30.8. The molecule has 1 amide bonds. The maximum Gasteiger partial charge on any atom is 0.310 e. The lowest BCUT2D eigenvalue weighted by Crippen LogP contribution is -2.34. The van der Waals surface area contributed by atoms with Crippen molar-refractivity contribution in [1.82, 2.24) is 0 Å². The van der Waals surface area contributed by atoms with Crippen LogP contribution in [0.25, 0.3) is 0 Å². The summed E-state index contributed by atoms with van der Waals surface area (Å²) in [4.78, 5) is 36.4. The SMILES string of the molecule is CCOc1ccc(NC(=O)COC(=O)[C@@H]2[C@@H]3C[C@@H]4[C@@H]2C(=O)O[C@@H]4C3)cc1. The van der Waals surface area contributed by atoms with Gasteiger partial charge in [0.1, 0.15) is 11.9 Å². The number of benzene rings is 1. The highest BCUT2D eigenvalue weighted by atomic mass is 16.6. The van der Waals surface area contributed by atoms with E-state index >= 15 is 0 Å². The van der Waals surface area contributed by atoms with Gasteiger partial charge in [-0.15, -0.1) is 0 Å². The molecule has 7 heteroatoms. The Bertz CT molecular complexity index is 728. The minimum absolute atomic E-state index is 0.0236. The van der Waals surface area contributed by atoms with Crippen LogP contribution in [0.4, 0.5) is 5.69 Å². The Balaban J connectivity index is 1.29. The Morgan fingerprint density at radius 2 is 2.00 bits per heavy atom. The summed E-state index contributed by atoms with van der Waals surface area (Å²) in [5.41, 5.74) is 0.594. The number of carbonyl (C=O) groups excluding carboxylic acids is 3. The first kappa shape index (κ1) is 16.9. The van der Waals surface area contributed by atoms with Crippen molar-refractivity contribution in [3.8, 4) is 5.75 Å². The quantitative estimate of drug-likeness (QED) is 0.779. The van der Waals surface area contributed by atoms with Crippen molar-refractivity contribution in [2.45, 2.75) is 25.9 Å². The van der Waals surface area contributed by atoms with Crippen LogP contribution in [-0.2, 0) is 23.9 Å². The van der Waals surface area contributed by atoms with Gasteiger partial charge in [0.15, 0.2) is 6.61 Å². The van der Waals surface area contributed by atoms with Gasteiger partial charge in [0.05, 0.1) is 18.4 Å². The van der Waals surface area contributed by atoms with Crippen molar-refractivity contribution in [1.29, 1.82) is 0 Å². The summed E-state index contributed by atoms with van der Waals surface area (Å²) >= 11 is 0. The average molecular weight is 359 g/mol. The predicted molar refractivity (Wildman–Crippen MR) is 90.3 cm³/mol. The summed E-state index contributed by atoms with van der Waals surface area (Å²) in [7, 11) is 0. The lowest BCUT2D eigenvalue weighted by Gasteiger charge is -2.22. The van der Waals surface area contributed by atoms with Crippen LogP contribution in [0, 0.1) is 23.7 Å². The van der Waals surface area contributed by atoms with E-state index in [9.17, 15) is 14.4 Å². The highest BCUT2D eigenvalue weighted by Gasteiger charge is 2.64. The summed E-state index contributed by atoms with van der Waals surface area (Å²) in [6.45, 7) is 2.09. The minimum atomic E-state index is -0.471. The molecular weight excluding hydrogens is 338 g/mol. The van der Waals surface area contributed by atoms with Crippen molar-refractivity contribution in [3.63, 3.8) is 0 Å². The highest BCUT2D eigenvalue weighted by Crippen LogP contribution is 2.57. The van der Waals surface area contributed by atoms with Crippen LogP contribution in [0.2, 0.25) is 0 Å². The zero-order valence-electron chi connectivity index (χ0n) is 14.5. The van der Waals surface area contributed by atoms with Gasteiger partial charge >= 0.3 is 11.9 Å². The molecule has 3 aliphatic rings. The molecule has 0 unspecified atom stereocenters. The average Bonchev–Trinajstić information content (AvgIpc) is 3.24. The smallest absolute Gasteiger partial charge is 0.310 e. The lowest BCUT2D eigenvalue weighted by molar-refractivity contribution is -0.157. The number of hydrogen-bond donors (Lipinski definition) is 1. The number of carbonyl (C=O) groups is 3. The molecular formula is C19H21NO6. The molecule has 1 aromatic rings. The second-order valence-electron chi connectivity index (χ2n) is 7.04. The summed E-state index contributed by atoms with van der Waals surface area (Å²) in [5.74, 6) is -1.05. The third kappa shape index (κ3) is 2.91. The van der Waals surface area contributed by atoms with Gasteiger partial charge in [0.25, 0.3) is 5.91 Å². The van der Waals surface area contributed by atoms with Crippen molar-refractivity contribution in [2.24, 2.45) is 23.7 Å². The largest absolute Gasteiger partial charge is 0.494 e. The van der Waals surface area contributed by atoms with Crippen molar-refractivity contribution >= 4 is 23.5 Å². The maximum absolute atomic E-state index is 12.4. The van der Waals surface area contributed by atoms with Crippen LogP contribution in [0.5, 0.6) is 5.75 Å². The Morgan fingerprint density at radius 1 is 1.23 bits per heavy atom. The molecule has 0 radical (unpaired) electrons. The first-order valence-electron chi connectivity index (χ1n) is 8.96. The first-order chi connectivity index (χ1) is 12.6. The molecule has 1 aliphatic heterocycles. The van der Waals surface area contributed by atoms with E-state index < -0.39 is 17.8 Å². The molecule has 7 nitrogen and oxygen atoms in total. The molecule has 1 N–H and O–H groups in total. The second kappa shape index (κ2) is 6.63. The minimum Gasteiger partial charge on any atom is -0.494 e. The van der Waals surface area contributed by atoms with Gasteiger partial charge in [-0.2, -0.15) is 0 Å². The van der Waals surface area contributed by atoms with E-state index in [2.05, 4.69) is 5.32 Å². The third-order valence-corrected chi connectivity index (χ3v) is 5.55. The molecule has 4 rings (SSSR count). The van der Waals surface area contributed by atoms with E-state index in [0.29, 0.717) is 12.3 Å². The van der Waals surface area contributed by atoms with Crippen LogP contribution >= 0.6 is 0 Å². The summed E-state index contributed by atoms with van der Waals surface area (Å²) < 4.78 is 15.8. The monoisotopic (exact) mass is 359 g/mol. The van der Waals surface area contributed by atoms with Crippen LogP contribution in [0.1, 0.15) is 19.8 Å². The van der Waals surface area contributed by atoms with E-state index in [1.54, 1.807) is 24.3 Å². The Labute approximate surface area is 151 Å². The van der Waals surface area contributed by atoms with Crippen molar-refractivity contribution in [2.75, 3.05) is 18.5 Å². The molecule has 0 spiro atoms. The number of ether oxygens (including phenoxy) is 3. The van der Waals surface area contributed by atoms with E-state index in [1.165, 1.54) is 0 Å². The van der Waals surface area contributed by atoms with Gasteiger partial charge in [-0.05, 0) is 49.9 Å². The molecule has 2 saturated carbocycles. The lowest BCUT2D eigenvalue weighted by atomic mass is 9.80. The van der Waals surface area contributed by atoms with Crippen LogP contribution in [0.3, 0.4) is 0 Å². The number of esters is 2. The van der Waals surface area contributed by atoms with Crippen LogP contribution < -0.4 is 10.1 Å². The van der Waals surface area contributed by atoms with Crippen LogP contribution in [0.15, 0.2) is 24.3 Å². The molecule has 0 aromatic heterocycles. The van der Waals surface area contributed by atoms with Gasteiger partial charge in [0.2, 0.25) is 0 Å². The summed E-state index contributed by atoms with van der Waals surface area (Å²) in [6.07, 6.45) is 1.54. The van der Waals surface area contributed by atoms with Crippen molar-refractivity contribution < 1.29 is 28.6 Å². The fourth-order valence-corrected chi connectivity index (χ4v) is 4.56. The van der Waals surface area contributed by atoms with Gasteiger partial charge in [-0.3, -0.25) is 14.4 Å². The maximum atomic E-state index is 12.4. The summed E-state index contributed by atoms with van der Waals surface area (Å²) in [6, 6.07) is 6.94. The first-order valence-corrected chi connectivity index (χ1v) is 8.96. The van der Waals surface area contributed by atoms with Gasteiger partial charge in [0, 0.05) is 11.6 Å². The molecule has 3 fully saturated rings. The second-order valence-corrected chi connectivity index (χ2v) is 7.04. The molecule has 5 atom stereocenters. The third-order valence-electron chi connectivity index (χ3n) is 5.55. The molecule has 2 aliphatic carbocycles. The van der Waals surface area contributed by atoms with Gasteiger partial charge in [-0.25, -0.2) is 0 Å².